The van der Waals surface area contributed by atoms with Crippen molar-refractivity contribution in [2.75, 3.05) is 26.2 Å². The summed E-state index contributed by atoms with van der Waals surface area (Å²) in [5.74, 6) is -0.221. The summed E-state index contributed by atoms with van der Waals surface area (Å²) in [5, 5.41) is 0. The summed E-state index contributed by atoms with van der Waals surface area (Å²) < 4.78 is 7.42. The molecule has 0 spiro atoms. The molecule has 0 N–H and O–H groups in total. The topological polar surface area (TPSA) is 54.8 Å². The van der Waals surface area contributed by atoms with Gasteiger partial charge in [0.25, 0.3) is 5.91 Å². The number of nitrogens with zero attached hydrogens (tertiary/aromatic N) is 3. The van der Waals surface area contributed by atoms with Crippen molar-refractivity contribution in [1.29, 1.82) is 0 Å². The fourth-order valence-corrected chi connectivity index (χ4v) is 4.71. The van der Waals surface area contributed by atoms with E-state index >= 15 is 0 Å². The molecule has 2 fully saturated rings. The molecule has 0 bridgehead atoms. The normalized spacial score (nSPS) is 19.5. The Kier molecular flexibility index (Phi) is 7.07. The maximum atomic E-state index is 13.0. The van der Waals surface area contributed by atoms with Gasteiger partial charge in [0, 0.05) is 38.8 Å². The van der Waals surface area contributed by atoms with Crippen molar-refractivity contribution in [2.24, 2.45) is 7.05 Å². The summed E-state index contributed by atoms with van der Waals surface area (Å²) in [7, 11) is 1.89. The maximum Gasteiger partial charge on any atom is 0.338 e. The molecule has 6 nitrogen and oxygen atoms in total. The predicted octanol–water partition coefficient (Wildman–Crippen LogP) is 3.86. The highest BCUT2D eigenvalue weighted by Crippen LogP contribution is 2.22. The summed E-state index contributed by atoms with van der Waals surface area (Å²) in [4.78, 5) is 29.8. The Morgan fingerprint density at radius 2 is 1.74 bits per heavy atom. The van der Waals surface area contributed by atoms with E-state index in [1.807, 2.05) is 59.1 Å². The molecule has 2 aromatic rings. The molecular weight excluding hydrogens is 390 g/mol. The number of esters is 1. The largest absolute Gasteiger partial charge is 0.462 e. The third kappa shape index (κ3) is 5.37. The highest BCUT2D eigenvalue weighted by Gasteiger charge is 2.28. The van der Waals surface area contributed by atoms with Crippen molar-refractivity contribution in [3.8, 4) is 0 Å². The van der Waals surface area contributed by atoms with Crippen LogP contribution in [0.15, 0.2) is 42.6 Å². The van der Waals surface area contributed by atoms with E-state index in [0.29, 0.717) is 24.3 Å². The van der Waals surface area contributed by atoms with E-state index in [2.05, 4.69) is 4.90 Å². The van der Waals surface area contributed by atoms with Gasteiger partial charge in [0.15, 0.2) is 0 Å². The standard InChI is InChI=1S/C25H33N3O3/c1-26-14-6-8-23(26)24(29)28-17-3-2-7-22(28)13-18-31-25(30)21-11-9-20(10-12-21)19-27-15-4-5-16-27/h6,8-12,14,22H,2-5,7,13,15-19H2,1H3/t22-/m0/s1. The summed E-state index contributed by atoms with van der Waals surface area (Å²) in [6, 6.07) is 11.6. The molecule has 1 aromatic carbocycles. The van der Waals surface area contributed by atoms with Crippen LogP contribution in [0.1, 0.15) is 64.9 Å². The minimum atomic E-state index is -0.288. The van der Waals surface area contributed by atoms with Crippen LogP contribution in [0.4, 0.5) is 0 Å². The van der Waals surface area contributed by atoms with Gasteiger partial charge in [0.2, 0.25) is 0 Å². The zero-order valence-corrected chi connectivity index (χ0v) is 18.5. The molecule has 0 aliphatic carbocycles. The smallest absolute Gasteiger partial charge is 0.338 e. The summed E-state index contributed by atoms with van der Waals surface area (Å²) in [5.41, 5.74) is 2.53. The first kappa shape index (κ1) is 21.6. The number of carbonyl (C=O) groups excluding carboxylic acids is 2. The summed E-state index contributed by atoms with van der Waals surface area (Å²) >= 11 is 0. The molecular formula is C25H33N3O3. The predicted molar refractivity (Wildman–Crippen MR) is 120 cm³/mol. The fourth-order valence-electron chi connectivity index (χ4n) is 4.71. The van der Waals surface area contributed by atoms with Gasteiger partial charge < -0.3 is 14.2 Å². The second kappa shape index (κ2) is 10.1. The van der Waals surface area contributed by atoms with Crippen molar-refractivity contribution in [3.05, 3.63) is 59.4 Å². The van der Waals surface area contributed by atoms with Gasteiger partial charge in [0.1, 0.15) is 5.69 Å². The average molecular weight is 424 g/mol. The molecule has 1 aromatic heterocycles. The van der Waals surface area contributed by atoms with Gasteiger partial charge in [-0.25, -0.2) is 4.79 Å². The van der Waals surface area contributed by atoms with Crippen LogP contribution in [0.3, 0.4) is 0 Å². The van der Waals surface area contributed by atoms with Gasteiger partial charge >= 0.3 is 5.97 Å². The Morgan fingerprint density at radius 1 is 1.00 bits per heavy atom. The number of rotatable bonds is 7. The van der Waals surface area contributed by atoms with Gasteiger partial charge in [-0.3, -0.25) is 9.69 Å². The molecule has 0 radical (unpaired) electrons. The van der Waals surface area contributed by atoms with Gasteiger partial charge in [-0.05, 0) is 75.0 Å². The molecule has 3 heterocycles. The molecule has 6 heteroatoms. The molecule has 31 heavy (non-hydrogen) atoms. The minimum absolute atomic E-state index is 0.0668. The summed E-state index contributed by atoms with van der Waals surface area (Å²) in [6.45, 7) is 4.36. The Bertz CT molecular complexity index is 884. The van der Waals surface area contributed by atoms with Gasteiger partial charge in [-0.1, -0.05) is 12.1 Å². The van der Waals surface area contributed by atoms with Gasteiger partial charge in [-0.2, -0.15) is 0 Å². The first-order valence-corrected chi connectivity index (χ1v) is 11.5. The van der Waals surface area contributed by atoms with Crippen LogP contribution in [0, 0.1) is 0 Å². The number of hydrogen-bond acceptors (Lipinski definition) is 4. The Hall–Kier alpha value is -2.60. The van der Waals surface area contributed by atoms with Crippen LogP contribution in [0.25, 0.3) is 0 Å². The summed E-state index contributed by atoms with van der Waals surface area (Å²) in [6.07, 6.45) is 8.21. The van der Waals surface area contributed by atoms with E-state index in [1.54, 1.807) is 0 Å². The fraction of sp³-hybridized carbons (Fsp3) is 0.520. The Balaban J connectivity index is 1.27. The second-order valence-corrected chi connectivity index (χ2v) is 8.76. The maximum absolute atomic E-state index is 13.0. The van der Waals surface area contributed by atoms with Crippen molar-refractivity contribution in [2.45, 2.75) is 51.1 Å². The lowest BCUT2D eigenvalue weighted by atomic mass is 9.99. The molecule has 2 aliphatic rings. The second-order valence-electron chi connectivity index (χ2n) is 8.76. The molecule has 1 atom stereocenters. The third-order valence-electron chi connectivity index (χ3n) is 6.53. The van der Waals surface area contributed by atoms with Crippen LogP contribution in [0.5, 0.6) is 0 Å². The van der Waals surface area contributed by atoms with E-state index < -0.39 is 0 Å². The van der Waals surface area contributed by atoms with Gasteiger partial charge in [-0.15, -0.1) is 0 Å². The molecule has 1 amide bonds. The molecule has 166 valence electrons. The quantitative estimate of drug-likeness (QED) is 0.635. The highest BCUT2D eigenvalue weighted by atomic mass is 16.5. The lowest BCUT2D eigenvalue weighted by molar-refractivity contribution is 0.0406. The van der Waals surface area contributed by atoms with E-state index in [4.69, 9.17) is 4.74 Å². The van der Waals surface area contributed by atoms with Crippen molar-refractivity contribution in [3.63, 3.8) is 0 Å². The van der Waals surface area contributed by atoms with E-state index in [0.717, 1.165) is 45.4 Å². The molecule has 4 rings (SSSR count). The number of likely N-dealkylation sites (tertiary alicyclic amines) is 2. The monoisotopic (exact) mass is 423 g/mol. The van der Waals surface area contributed by atoms with Crippen LogP contribution >= 0.6 is 0 Å². The third-order valence-corrected chi connectivity index (χ3v) is 6.53. The van der Waals surface area contributed by atoms with Crippen LogP contribution in [-0.2, 0) is 18.3 Å². The zero-order chi connectivity index (χ0) is 21.6. The Labute approximate surface area is 184 Å². The van der Waals surface area contributed by atoms with Crippen molar-refractivity contribution in [1.82, 2.24) is 14.4 Å². The molecule has 0 saturated carbocycles. The van der Waals surface area contributed by atoms with E-state index in [-0.39, 0.29) is 17.9 Å². The first-order valence-electron chi connectivity index (χ1n) is 11.5. The lowest BCUT2D eigenvalue weighted by Gasteiger charge is -2.35. The first-order chi connectivity index (χ1) is 15.1. The molecule has 2 saturated heterocycles. The van der Waals surface area contributed by atoms with Crippen molar-refractivity contribution < 1.29 is 14.3 Å². The Morgan fingerprint density at radius 3 is 2.45 bits per heavy atom. The van der Waals surface area contributed by atoms with Gasteiger partial charge in [0.05, 0.1) is 12.2 Å². The van der Waals surface area contributed by atoms with Crippen LogP contribution in [-0.4, -0.2) is 58.5 Å². The number of aryl methyl sites for hydroxylation is 1. The van der Waals surface area contributed by atoms with Crippen LogP contribution in [0.2, 0.25) is 0 Å². The molecule has 2 aliphatic heterocycles. The SMILES string of the molecule is Cn1cccc1C(=O)N1CCCC[C@H]1CCOC(=O)c1ccc(CN2CCCC2)cc1. The van der Waals surface area contributed by atoms with E-state index in [9.17, 15) is 9.59 Å². The number of hydrogen-bond donors (Lipinski definition) is 0. The number of carbonyl (C=O) groups is 2. The van der Waals surface area contributed by atoms with Crippen LogP contribution < -0.4 is 0 Å². The number of piperidine rings is 1. The zero-order valence-electron chi connectivity index (χ0n) is 18.5. The minimum Gasteiger partial charge on any atom is -0.462 e. The highest BCUT2D eigenvalue weighted by molar-refractivity contribution is 5.93. The molecule has 0 unspecified atom stereocenters. The number of amides is 1. The number of ether oxygens (including phenoxy) is 1. The van der Waals surface area contributed by atoms with E-state index in [1.165, 1.54) is 18.4 Å². The average Bonchev–Trinajstić information content (AvgIpc) is 3.46. The van der Waals surface area contributed by atoms with Crippen molar-refractivity contribution >= 4 is 11.9 Å². The number of benzene rings is 1. The number of aromatic nitrogens is 1. The lowest BCUT2D eigenvalue weighted by Crippen LogP contribution is -2.44.